The van der Waals surface area contributed by atoms with E-state index in [9.17, 15) is 33.2 Å². The molecule has 0 saturated carbocycles. The Bertz CT molecular complexity index is 2640. The number of carbonyl (C=O) groups is 6. The second-order valence-electron chi connectivity index (χ2n) is 18.6. The van der Waals surface area contributed by atoms with Crippen molar-refractivity contribution in [3.63, 3.8) is 0 Å². The molecule has 2 saturated heterocycles. The second kappa shape index (κ2) is 34.5. The monoisotopic (exact) mass is 1130 g/mol. The number of anilines is 5. The lowest BCUT2D eigenvalue weighted by Crippen LogP contribution is -2.36. The van der Waals surface area contributed by atoms with E-state index in [1.165, 1.54) is 17.2 Å². The van der Waals surface area contributed by atoms with Gasteiger partial charge in [0.25, 0.3) is 5.91 Å². The minimum Gasteiger partial charge on any atom is -0.457 e. The van der Waals surface area contributed by atoms with Gasteiger partial charge in [0, 0.05) is 106 Å². The Hall–Kier alpha value is -7.45. The summed E-state index contributed by atoms with van der Waals surface area (Å²) < 4.78 is 42.9. The van der Waals surface area contributed by atoms with Gasteiger partial charge < -0.3 is 71.1 Å². The average molecular weight is 1130 g/mol. The third-order valence-electron chi connectivity index (χ3n) is 12.3. The first kappa shape index (κ1) is 61.8. The van der Waals surface area contributed by atoms with Gasteiger partial charge in [-0.3, -0.25) is 29.0 Å². The molecule has 2 aliphatic rings. The zero-order valence-electron chi connectivity index (χ0n) is 45.1. The molecular formula is C55H73FN12O11S. The number of amides is 7. The Morgan fingerprint density at radius 2 is 1.39 bits per heavy atom. The van der Waals surface area contributed by atoms with E-state index in [4.69, 9.17) is 23.7 Å². The largest absolute Gasteiger partial charge is 0.457 e. The maximum atomic E-state index is 14.6. The average Bonchev–Trinajstić information content (AvgIpc) is 4.04. The van der Waals surface area contributed by atoms with Gasteiger partial charge in [-0.15, -0.1) is 0 Å². The van der Waals surface area contributed by atoms with E-state index in [2.05, 4.69) is 64.1 Å². The van der Waals surface area contributed by atoms with Gasteiger partial charge in [0.2, 0.25) is 29.6 Å². The van der Waals surface area contributed by atoms with Crippen molar-refractivity contribution < 1.29 is 56.8 Å². The molecule has 80 heavy (non-hydrogen) atoms. The molecule has 3 atom stereocenters. The number of benzene rings is 2. The summed E-state index contributed by atoms with van der Waals surface area (Å²) in [6.45, 7) is 8.26. The molecular weight excluding hydrogens is 1060 g/mol. The van der Waals surface area contributed by atoms with E-state index >= 15 is 0 Å². The molecule has 2 aromatic heterocycles. The molecule has 1 unspecified atom stereocenters. The first-order valence-electron chi connectivity index (χ1n) is 26.8. The third-order valence-corrected chi connectivity index (χ3v) is 13.8. The number of likely N-dealkylation sites (N-methyl/N-ethyl adjacent to an activating group) is 1. The summed E-state index contributed by atoms with van der Waals surface area (Å²) in [6.07, 6.45) is 9.15. The molecule has 2 aromatic carbocycles. The highest BCUT2D eigenvalue weighted by atomic mass is 32.2. The highest BCUT2D eigenvalue weighted by Crippen LogP contribution is 2.33. The van der Waals surface area contributed by atoms with Crippen molar-refractivity contribution in [2.24, 2.45) is 0 Å². The number of carbonyl (C=O) groups excluding carboxylic acids is 6. The zero-order chi connectivity index (χ0) is 56.7. The smallest absolute Gasteiger partial charge is 0.315 e. The standard InChI is InChI=1S/C55H73FN12O11S/c1-3-47(69)62-39-10-6-11-40(34-39)63-52-43(56)36-61-54(67-52)64-38-16-18-41(19-17-38)79-42-20-23-57-44(35-42)53(73)68(2)25-29-77-28-24-60-50(72)15-7-14-49(71)59-22-9-27-76-31-33-78-32-30-75-26-8-21-58-48(70)13-5-4-12-46-51-45(37-80-46)65-55(74)66-51/h3,6,10-11,16-20,23,34-36,45-46,51H,1,4-5,7-9,12-15,21-22,24-33,37H2,2H3,(H,58,70)(H,59,71)(H,60,72)(H,62,69)(H2,65,66,74)(H2,61,63,64,67)/t45-,46?,51-/m0/s1. The van der Waals surface area contributed by atoms with Crippen LogP contribution in [-0.2, 0) is 38.1 Å². The molecule has 4 aromatic rings. The van der Waals surface area contributed by atoms with E-state index in [1.807, 2.05) is 11.8 Å². The normalized spacial score (nSPS) is 15.2. The Balaban J connectivity index is 0.704. The number of unbranched alkanes of at least 4 members (excludes halogenated alkanes) is 1. The Kier molecular flexibility index (Phi) is 26.7. The predicted octanol–water partition coefficient (Wildman–Crippen LogP) is 5.58. The number of pyridine rings is 1. The summed E-state index contributed by atoms with van der Waals surface area (Å²) in [5.74, 6) is 0.191. The molecule has 432 valence electrons. The van der Waals surface area contributed by atoms with E-state index < -0.39 is 5.82 Å². The highest BCUT2D eigenvalue weighted by molar-refractivity contribution is 8.00. The summed E-state index contributed by atoms with van der Waals surface area (Å²) in [5.41, 5.74) is 1.75. The SMILES string of the molecule is C=CC(=O)Nc1cccc(Nc2nc(Nc3ccc(Oc4ccnc(C(=O)N(C)CCOCCNC(=O)CCCC(=O)NCCCOCCOCCOCCCNC(=O)CCCCC5SC[C@@H]6NC(=O)N[C@H]56)c4)cc3)ncc2F)c1. The van der Waals surface area contributed by atoms with Gasteiger partial charge in [0.1, 0.15) is 17.2 Å². The minimum absolute atomic E-state index is 0.0518. The zero-order valence-corrected chi connectivity index (χ0v) is 45.9. The second-order valence-corrected chi connectivity index (χ2v) is 19.8. The third kappa shape index (κ3) is 22.7. The first-order valence-corrected chi connectivity index (χ1v) is 27.9. The highest BCUT2D eigenvalue weighted by Gasteiger charge is 2.42. The molecule has 7 amide bonds. The van der Waals surface area contributed by atoms with Crippen molar-refractivity contribution in [3.05, 3.63) is 97.2 Å². The number of rotatable bonds is 38. The van der Waals surface area contributed by atoms with Gasteiger partial charge in [-0.1, -0.05) is 19.1 Å². The number of nitrogens with zero attached hydrogens (tertiary/aromatic N) is 4. The number of hydrogen-bond donors (Lipinski definition) is 8. The van der Waals surface area contributed by atoms with Crippen molar-refractivity contribution in [2.75, 3.05) is 108 Å². The number of hydrogen-bond acceptors (Lipinski definition) is 17. The number of thioether (sulfide) groups is 1. The Labute approximate surface area is 469 Å². The molecule has 0 radical (unpaired) electrons. The van der Waals surface area contributed by atoms with E-state index in [-0.39, 0.29) is 104 Å². The fraction of sp³-hybridized carbons (Fsp3) is 0.473. The molecule has 8 N–H and O–H groups in total. The number of nitrogens with one attached hydrogen (secondary N) is 8. The number of fused-ring (bicyclic) bond motifs is 1. The minimum atomic E-state index is -0.679. The van der Waals surface area contributed by atoms with Crippen LogP contribution < -0.4 is 47.3 Å². The van der Waals surface area contributed by atoms with Gasteiger partial charge >= 0.3 is 6.03 Å². The van der Waals surface area contributed by atoms with Gasteiger partial charge in [-0.2, -0.15) is 16.7 Å². The van der Waals surface area contributed by atoms with Gasteiger partial charge in [0.15, 0.2) is 11.6 Å². The van der Waals surface area contributed by atoms with Crippen LogP contribution in [0.15, 0.2) is 85.7 Å². The summed E-state index contributed by atoms with van der Waals surface area (Å²) in [6, 6.07) is 17.0. The van der Waals surface area contributed by atoms with Crippen LogP contribution in [0.2, 0.25) is 0 Å². The van der Waals surface area contributed by atoms with Crippen molar-refractivity contribution in [1.29, 1.82) is 0 Å². The molecule has 4 heterocycles. The van der Waals surface area contributed by atoms with E-state index in [0.29, 0.717) is 106 Å². The summed E-state index contributed by atoms with van der Waals surface area (Å²) in [4.78, 5) is 87.0. The van der Waals surface area contributed by atoms with Crippen molar-refractivity contribution in [3.8, 4) is 11.5 Å². The summed E-state index contributed by atoms with van der Waals surface area (Å²) >= 11 is 1.89. The summed E-state index contributed by atoms with van der Waals surface area (Å²) in [5, 5.41) is 23.5. The quantitative estimate of drug-likeness (QED) is 0.0154. The molecule has 0 aliphatic carbocycles. The molecule has 0 bridgehead atoms. The van der Waals surface area contributed by atoms with Gasteiger partial charge in [-0.05, 0) is 86.7 Å². The maximum Gasteiger partial charge on any atom is 0.315 e. The van der Waals surface area contributed by atoms with Crippen LogP contribution in [0.1, 0.15) is 68.3 Å². The van der Waals surface area contributed by atoms with Crippen LogP contribution in [0.25, 0.3) is 0 Å². The number of ether oxygens (including phenoxy) is 5. The molecule has 23 nitrogen and oxygen atoms in total. The topological polar surface area (TPSA) is 287 Å². The molecule has 6 rings (SSSR count). The predicted molar refractivity (Wildman–Crippen MR) is 301 cm³/mol. The first-order chi connectivity index (χ1) is 38.9. The number of halogens is 1. The lowest BCUT2D eigenvalue weighted by atomic mass is 10.0. The summed E-state index contributed by atoms with van der Waals surface area (Å²) in [7, 11) is 1.63. The van der Waals surface area contributed by atoms with Crippen LogP contribution >= 0.6 is 11.8 Å². The van der Waals surface area contributed by atoms with Crippen LogP contribution in [-0.4, -0.2) is 165 Å². The molecule has 2 aliphatic heterocycles. The van der Waals surface area contributed by atoms with E-state index in [0.717, 1.165) is 43.7 Å². The molecule has 25 heteroatoms. The fourth-order valence-corrected chi connectivity index (χ4v) is 9.68. The number of aromatic nitrogens is 3. The lowest BCUT2D eigenvalue weighted by molar-refractivity contribution is -0.123. The number of urea groups is 1. The lowest BCUT2D eigenvalue weighted by Gasteiger charge is -2.17. The molecule has 0 spiro atoms. The Morgan fingerprint density at radius 1 is 0.725 bits per heavy atom. The van der Waals surface area contributed by atoms with Crippen molar-refractivity contribution >= 4 is 76.2 Å². The van der Waals surface area contributed by atoms with Crippen LogP contribution in [0.5, 0.6) is 11.5 Å². The molecule has 2 fully saturated rings. The van der Waals surface area contributed by atoms with Crippen LogP contribution in [0, 0.1) is 5.82 Å². The van der Waals surface area contributed by atoms with Crippen LogP contribution in [0.4, 0.5) is 38.0 Å². The maximum absolute atomic E-state index is 14.6. The van der Waals surface area contributed by atoms with Crippen molar-refractivity contribution in [1.82, 2.24) is 46.4 Å². The van der Waals surface area contributed by atoms with Gasteiger partial charge in [-0.25, -0.2) is 14.2 Å². The Morgan fingerprint density at radius 3 is 2.10 bits per heavy atom. The van der Waals surface area contributed by atoms with Crippen molar-refractivity contribution in [2.45, 2.75) is 75.1 Å². The van der Waals surface area contributed by atoms with Gasteiger partial charge in [0.05, 0.1) is 57.9 Å². The fourth-order valence-electron chi connectivity index (χ4n) is 8.14. The van der Waals surface area contributed by atoms with E-state index in [1.54, 1.807) is 61.6 Å². The van der Waals surface area contributed by atoms with Crippen LogP contribution in [0.3, 0.4) is 0 Å².